The average molecular weight is 478 g/mol. The first-order valence-corrected chi connectivity index (χ1v) is 10.6. The van der Waals surface area contributed by atoms with E-state index in [4.69, 9.17) is 4.74 Å². The number of hydrogen-bond acceptors (Lipinski definition) is 6. The molecule has 9 nitrogen and oxygen atoms in total. The van der Waals surface area contributed by atoms with Crippen molar-refractivity contribution in [2.24, 2.45) is 0 Å². The molecule has 0 unspecified atom stereocenters. The Morgan fingerprint density at radius 1 is 1.06 bits per heavy atom. The summed E-state index contributed by atoms with van der Waals surface area (Å²) in [5.41, 5.74) is -1.15. The molecule has 2 aromatic carbocycles. The van der Waals surface area contributed by atoms with Crippen molar-refractivity contribution in [3.05, 3.63) is 58.1 Å². The van der Waals surface area contributed by atoms with Gasteiger partial charge in [0.1, 0.15) is 18.0 Å². The van der Waals surface area contributed by atoms with Gasteiger partial charge in [-0.2, -0.15) is 13.2 Å². The summed E-state index contributed by atoms with van der Waals surface area (Å²) >= 11 is 0. The molecule has 34 heavy (non-hydrogen) atoms. The molecule has 0 aliphatic carbocycles. The number of para-hydroxylation sites is 2. The molecule has 180 valence electrons. The van der Waals surface area contributed by atoms with Crippen molar-refractivity contribution in [2.75, 3.05) is 49.1 Å². The molecule has 0 radical (unpaired) electrons. The number of nitrogens with zero attached hydrogens (tertiary/aromatic N) is 4. The number of alkyl halides is 3. The van der Waals surface area contributed by atoms with Crippen LogP contribution < -0.4 is 14.5 Å². The predicted octanol–water partition coefficient (Wildman–Crippen LogP) is 3.08. The summed E-state index contributed by atoms with van der Waals surface area (Å²) in [6.07, 6.45) is -4.56. The largest absolute Gasteiger partial charge is 0.491 e. The molecule has 12 heteroatoms. The van der Waals surface area contributed by atoms with Crippen molar-refractivity contribution in [3.8, 4) is 5.75 Å². The van der Waals surface area contributed by atoms with Crippen LogP contribution in [-0.2, 0) is 15.8 Å². The molecule has 1 fully saturated rings. The Morgan fingerprint density at radius 2 is 1.76 bits per heavy atom. The van der Waals surface area contributed by atoms with Gasteiger partial charge in [0.25, 0.3) is 5.69 Å². The standard InChI is InChI=1S/C22H21F3N4O5/c23-22(24,25)15-5-6-16(18(13-15)29(32)33)26-8-10-27(11-9-26)21(31)14-28-17-3-1-2-4-19(17)34-12-7-20(28)30/h1-6,13H,7-12,14H2. The van der Waals surface area contributed by atoms with E-state index in [1.54, 1.807) is 29.2 Å². The van der Waals surface area contributed by atoms with Crippen molar-refractivity contribution in [1.29, 1.82) is 0 Å². The highest BCUT2D eigenvalue weighted by Gasteiger charge is 2.35. The second kappa shape index (κ2) is 9.20. The maximum Gasteiger partial charge on any atom is 0.416 e. The van der Waals surface area contributed by atoms with E-state index in [1.165, 1.54) is 9.80 Å². The van der Waals surface area contributed by atoms with Gasteiger partial charge in [0.2, 0.25) is 11.8 Å². The Kier molecular flexibility index (Phi) is 6.31. The number of nitro groups is 1. The summed E-state index contributed by atoms with van der Waals surface area (Å²) in [5, 5.41) is 11.4. The lowest BCUT2D eigenvalue weighted by Gasteiger charge is -2.36. The van der Waals surface area contributed by atoms with Crippen LogP contribution >= 0.6 is 0 Å². The minimum absolute atomic E-state index is 0.0684. The summed E-state index contributed by atoms with van der Waals surface area (Å²) < 4.78 is 44.5. The van der Waals surface area contributed by atoms with Crippen molar-refractivity contribution >= 4 is 28.9 Å². The van der Waals surface area contributed by atoms with Crippen LogP contribution in [0.15, 0.2) is 42.5 Å². The third kappa shape index (κ3) is 4.75. The number of piperazine rings is 1. The minimum Gasteiger partial charge on any atom is -0.491 e. The van der Waals surface area contributed by atoms with E-state index >= 15 is 0 Å². The Hall–Kier alpha value is -3.83. The molecular formula is C22H21F3N4O5. The van der Waals surface area contributed by atoms with Gasteiger partial charge in [-0.25, -0.2) is 0 Å². The van der Waals surface area contributed by atoms with Gasteiger partial charge in [-0.3, -0.25) is 24.6 Å². The fourth-order valence-corrected chi connectivity index (χ4v) is 4.04. The number of hydrogen-bond donors (Lipinski definition) is 0. The SMILES string of the molecule is O=C(CN1C(=O)CCOc2ccccc21)N1CCN(c2ccc(C(F)(F)F)cc2[N+](=O)[O-])CC1. The first-order valence-electron chi connectivity index (χ1n) is 10.6. The summed E-state index contributed by atoms with van der Waals surface area (Å²) in [6, 6.07) is 9.36. The molecule has 4 rings (SSSR count). The molecule has 0 aromatic heterocycles. The Bertz CT molecular complexity index is 1120. The van der Waals surface area contributed by atoms with Crippen LogP contribution in [0.1, 0.15) is 12.0 Å². The fourth-order valence-electron chi connectivity index (χ4n) is 4.04. The van der Waals surface area contributed by atoms with E-state index in [2.05, 4.69) is 0 Å². The lowest BCUT2D eigenvalue weighted by atomic mass is 10.1. The second-order valence-corrected chi connectivity index (χ2v) is 7.87. The molecule has 0 saturated carbocycles. The lowest BCUT2D eigenvalue weighted by Crippen LogP contribution is -2.52. The van der Waals surface area contributed by atoms with E-state index in [-0.39, 0.29) is 63.3 Å². The predicted molar refractivity (Wildman–Crippen MR) is 116 cm³/mol. The summed E-state index contributed by atoms with van der Waals surface area (Å²) in [5.74, 6) is -0.0236. The minimum atomic E-state index is -4.69. The average Bonchev–Trinajstić information content (AvgIpc) is 2.96. The first kappa shape index (κ1) is 23.3. The van der Waals surface area contributed by atoms with E-state index in [1.807, 2.05) is 0 Å². The van der Waals surface area contributed by atoms with Crippen LogP contribution in [0.4, 0.5) is 30.2 Å². The van der Waals surface area contributed by atoms with Crippen LogP contribution in [0.3, 0.4) is 0 Å². The zero-order valence-corrected chi connectivity index (χ0v) is 18.0. The first-order chi connectivity index (χ1) is 16.1. The third-order valence-electron chi connectivity index (χ3n) is 5.80. The van der Waals surface area contributed by atoms with Gasteiger partial charge in [-0.1, -0.05) is 12.1 Å². The molecule has 2 aromatic rings. The van der Waals surface area contributed by atoms with Crippen molar-refractivity contribution < 1.29 is 32.4 Å². The number of nitro benzene ring substituents is 1. The number of carbonyl (C=O) groups excluding carboxylic acids is 2. The van der Waals surface area contributed by atoms with E-state index in [0.29, 0.717) is 17.5 Å². The number of ether oxygens (including phenoxy) is 1. The second-order valence-electron chi connectivity index (χ2n) is 7.87. The van der Waals surface area contributed by atoms with Gasteiger partial charge in [0, 0.05) is 32.2 Å². The summed E-state index contributed by atoms with van der Waals surface area (Å²) in [6.45, 7) is 0.844. The van der Waals surface area contributed by atoms with Crippen LogP contribution in [0.25, 0.3) is 0 Å². The van der Waals surface area contributed by atoms with Gasteiger partial charge in [0.05, 0.1) is 29.2 Å². The van der Waals surface area contributed by atoms with Gasteiger partial charge in [0.15, 0.2) is 0 Å². The van der Waals surface area contributed by atoms with Crippen LogP contribution in [0.5, 0.6) is 5.75 Å². The maximum absolute atomic E-state index is 13.0. The highest BCUT2D eigenvalue weighted by Crippen LogP contribution is 2.37. The summed E-state index contributed by atoms with van der Waals surface area (Å²) in [4.78, 5) is 40.6. The summed E-state index contributed by atoms with van der Waals surface area (Å²) in [7, 11) is 0. The molecule has 0 atom stereocenters. The van der Waals surface area contributed by atoms with Crippen LogP contribution in [0, 0.1) is 10.1 Å². The van der Waals surface area contributed by atoms with E-state index in [0.717, 1.165) is 12.1 Å². The van der Waals surface area contributed by atoms with Gasteiger partial charge < -0.3 is 14.5 Å². The molecule has 0 bridgehead atoms. The Labute approximate surface area is 192 Å². The van der Waals surface area contributed by atoms with Crippen molar-refractivity contribution in [2.45, 2.75) is 12.6 Å². The number of amides is 2. The topological polar surface area (TPSA) is 96.2 Å². The zero-order valence-electron chi connectivity index (χ0n) is 18.0. The molecule has 2 aliphatic rings. The van der Waals surface area contributed by atoms with Crippen molar-refractivity contribution in [1.82, 2.24) is 4.90 Å². The quantitative estimate of drug-likeness (QED) is 0.495. The Balaban J connectivity index is 1.45. The highest BCUT2D eigenvalue weighted by atomic mass is 19.4. The molecule has 2 heterocycles. The smallest absolute Gasteiger partial charge is 0.416 e. The highest BCUT2D eigenvalue weighted by molar-refractivity contribution is 6.00. The number of carbonyl (C=O) groups is 2. The molecule has 2 aliphatic heterocycles. The lowest BCUT2D eigenvalue weighted by molar-refractivity contribution is -0.384. The molecule has 0 N–H and O–H groups in total. The van der Waals surface area contributed by atoms with Crippen molar-refractivity contribution in [3.63, 3.8) is 0 Å². The number of rotatable bonds is 4. The molecule has 2 amide bonds. The monoisotopic (exact) mass is 478 g/mol. The van der Waals surface area contributed by atoms with Crippen LogP contribution in [-0.4, -0.2) is 61.0 Å². The number of anilines is 2. The fraction of sp³-hybridized carbons (Fsp3) is 0.364. The Morgan fingerprint density at radius 3 is 2.44 bits per heavy atom. The van der Waals surface area contributed by atoms with Gasteiger partial charge >= 0.3 is 6.18 Å². The molecular weight excluding hydrogens is 457 g/mol. The number of fused-ring (bicyclic) bond motifs is 1. The zero-order chi connectivity index (χ0) is 24.5. The number of halogens is 3. The number of benzene rings is 2. The van der Waals surface area contributed by atoms with E-state index in [9.17, 15) is 32.9 Å². The normalized spacial score (nSPS) is 16.6. The maximum atomic E-state index is 13.0. The van der Waals surface area contributed by atoms with Gasteiger partial charge in [-0.15, -0.1) is 0 Å². The van der Waals surface area contributed by atoms with Gasteiger partial charge in [-0.05, 0) is 24.3 Å². The molecule has 1 saturated heterocycles. The van der Waals surface area contributed by atoms with Crippen LogP contribution in [0.2, 0.25) is 0 Å². The third-order valence-corrected chi connectivity index (χ3v) is 5.80. The van der Waals surface area contributed by atoms with E-state index < -0.39 is 22.4 Å². The molecule has 0 spiro atoms.